The van der Waals surface area contributed by atoms with Gasteiger partial charge in [-0.3, -0.25) is 4.79 Å². The highest BCUT2D eigenvalue weighted by Gasteiger charge is 1.82. The Morgan fingerprint density at radius 1 is 1.83 bits per heavy atom. The number of esters is 1. The Morgan fingerprint density at radius 3 is 2.33 bits per heavy atom. The third-order valence-corrected chi connectivity index (χ3v) is 0.263. The van der Waals surface area contributed by atoms with E-state index in [1.807, 2.05) is 0 Å². The number of rotatable bonds is 1. The molecule has 34 valence electrons. The van der Waals surface area contributed by atoms with E-state index in [0.29, 0.717) is 0 Å². The first-order chi connectivity index (χ1) is 2.77. The van der Waals surface area contributed by atoms with E-state index in [2.05, 4.69) is 18.6 Å². The minimum atomic E-state index is -0.523. The molecule has 2 heteroatoms. The standard InChI is InChI=1S/C4H6O2/c1-3-6-4(2)5/h1-3H2. The Bertz CT molecular complexity index is 49.5. The van der Waals surface area contributed by atoms with E-state index in [9.17, 15) is 4.79 Å². The van der Waals surface area contributed by atoms with Gasteiger partial charge in [0.2, 0.25) is 0 Å². The van der Waals surface area contributed by atoms with Gasteiger partial charge in [-0.25, -0.2) is 0 Å². The lowest BCUT2D eigenvalue weighted by Crippen LogP contribution is -1.96. The lowest BCUT2D eigenvalue weighted by Gasteiger charge is -1.89. The lowest BCUT2D eigenvalue weighted by molar-refractivity contribution is -0.136. The monoisotopic (exact) mass is 86.0 g/mol. The van der Waals surface area contributed by atoms with Crippen molar-refractivity contribution >= 4 is 5.97 Å². The Kier molecular flexibility index (Phi) is 2.46. The first-order valence-corrected chi connectivity index (χ1v) is 1.55. The van der Waals surface area contributed by atoms with E-state index in [1.165, 1.54) is 0 Å². The highest BCUT2D eigenvalue weighted by Crippen LogP contribution is 1.68. The minimum absolute atomic E-state index is 0.169. The lowest BCUT2D eigenvalue weighted by atomic mass is 10.8. The van der Waals surface area contributed by atoms with Crippen LogP contribution in [0.4, 0.5) is 0 Å². The molecule has 0 atom stereocenters. The van der Waals surface area contributed by atoms with Gasteiger partial charge in [-0.1, -0.05) is 0 Å². The Labute approximate surface area is 37.1 Å². The summed E-state index contributed by atoms with van der Waals surface area (Å²) in [7, 11) is 0. The summed E-state index contributed by atoms with van der Waals surface area (Å²) in [5.41, 5.74) is 0. The molecule has 0 bridgehead atoms. The molecule has 0 N–H and O–H groups in total. The largest absolute Gasteiger partial charge is 0.466 e. The average molecular weight is 86.1 g/mol. The van der Waals surface area contributed by atoms with Crippen LogP contribution >= 0.6 is 0 Å². The molecule has 0 aromatic heterocycles. The maximum atomic E-state index is 9.67. The molecule has 0 aromatic carbocycles. The maximum absolute atomic E-state index is 9.67. The smallest absolute Gasteiger partial charge is 0.306 e. The van der Waals surface area contributed by atoms with Crippen LogP contribution in [0.15, 0.2) is 0 Å². The molecular weight excluding hydrogens is 80.0 g/mol. The van der Waals surface area contributed by atoms with Gasteiger partial charge in [-0.15, -0.1) is 0 Å². The van der Waals surface area contributed by atoms with Crippen molar-refractivity contribution in [2.45, 2.75) is 0 Å². The normalized spacial score (nSPS) is 7.67. The van der Waals surface area contributed by atoms with Gasteiger partial charge in [0.05, 0.1) is 13.5 Å². The fourth-order valence-corrected chi connectivity index (χ4v) is 0.114. The van der Waals surface area contributed by atoms with Crippen LogP contribution in [0.25, 0.3) is 0 Å². The second kappa shape index (κ2) is 2.69. The summed E-state index contributed by atoms with van der Waals surface area (Å²) in [5.74, 6) is -0.523. The molecule has 0 unspecified atom stereocenters. The highest BCUT2D eigenvalue weighted by molar-refractivity contribution is 5.73. The van der Waals surface area contributed by atoms with Crippen LogP contribution in [-0.4, -0.2) is 12.6 Å². The van der Waals surface area contributed by atoms with Gasteiger partial charge in [0.15, 0.2) is 0 Å². The fourth-order valence-electron chi connectivity index (χ4n) is 0.114. The molecule has 0 heterocycles. The molecule has 0 saturated carbocycles. The van der Waals surface area contributed by atoms with Crippen LogP contribution in [0, 0.1) is 13.8 Å². The van der Waals surface area contributed by atoms with Gasteiger partial charge in [0.1, 0.15) is 0 Å². The number of hydrogen-bond donors (Lipinski definition) is 0. The van der Waals surface area contributed by atoms with Crippen molar-refractivity contribution in [3.05, 3.63) is 13.8 Å². The summed E-state index contributed by atoms with van der Waals surface area (Å²) in [5, 5.41) is 0. The van der Waals surface area contributed by atoms with Crippen molar-refractivity contribution in [3.63, 3.8) is 0 Å². The third-order valence-electron chi connectivity index (χ3n) is 0.263. The summed E-state index contributed by atoms with van der Waals surface area (Å²) >= 11 is 0. The number of carbonyl (C=O) groups excluding carboxylic acids is 1. The summed E-state index contributed by atoms with van der Waals surface area (Å²) in [6.45, 7) is 6.34. The second-order valence-corrected chi connectivity index (χ2v) is 0.720. The predicted molar refractivity (Wildman–Crippen MR) is 21.7 cm³/mol. The minimum Gasteiger partial charge on any atom is -0.466 e. The molecule has 0 aliphatic carbocycles. The van der Waals surface area contributed by atoms with Crippen molar-refractivity contribution in [2.24, 2.45) is 0 Å². The summed E-state index contributed by atoms with van der Waals surface area (Å²) < 4.78 is 4.18. The molecule has 0 spiro atoms. The van der Waals surface area contributed by atoms with E-state index < -0.39 is 5.97 Å². The maximum Gasteiger partial charge on any atom is 0.306 e. The van der Waals surface area contributed by atoms with Crippen LogP contribution in [-0.2, 0) is 9.53 Å². The average Bonchev–Trinajstić information content (AvgIpc) is 1.35. The van der Waals surface area contributed by atoms with Gasteiger partial charge in [-0.2, -0.15) is 0 Å². The van der Waals surface area contributed by atoms with Crippen molar-refractivity contribution in [2.75, 3.05) is 6.61 Å². The second-order valence-electron chi connectivity index (χ2n) is 0.720. The molecule has 6 heavy (non-hydrogen) atoms. The molecule has 2 nitrogen and oxygen atoms in total. The van der Waals surface area contributed by atoms with Crippen molar-refractivity contribution in [3.8, 4) is 0 Å². The van der Waals surface area contributed by atoms with Crippen LogP contribution in [0.3, 0.4) is 0 Å². The van der Waals surface area contributed by atoms with Crippen LogP contribution < -0.4 is 0 Å². The van der Waals surface area contributed by atoms with E-state index in [1.54, 1.807) is 0 Å². The fraction of sp³-hybridized carbons (Fsp3) is 0.250. The molecular formula is C4H6O2. The van der Waals surface area contributed by atoms with Gasteiger partial charge in [-0.05, 0) is 6.92 Å². The number of ether oxygens (including phenoxy) is 1. The SMILES string of the molecule is [CH2]COC([CH2])=O. The van der Waals surface area contributed by atoms with Gasteiger partial charge < -0.3 is 4.74 Å². The first-order valence-electron chi connectivity index (χ1n) is 1.55. The highest BCUT2D eigenvalue weighted by atomic mass is 16.5. The first kappa shape index (κ1) is 5.47. The Morgan fingerprint density at radius 2 is 2.33 bits per heavy atom. The molecule has 0 saturated heterocycles. The van der Waals surface area contributed by atoms with Crippen molar-refractivity contribution in [1.29, 1.82) is 0 Å². The topological polar surface area (TPSA) is 26.3 Å². The summed E-state index contributed by atoms with van der Waals surface area (Å²) in [4.78, 5) is 9.67. The quantitative estimate of drug-likeness (QED) is 0.426. The molecule has 0 amide bonds. The zero-order valence-electron chi connectivity index (χ0n) is 3.44. The number of carbonyl (C=O) groups is 1. The van der Waals surface area contributed by atoms with E-state index in [4.69, 9.17) is 0 Å². The Balaban J connectivity index is 2.83. The molecule has 2 radical (unpaired) electrons. The molecule has 0 rings (SSSR count). The molecule has 0 aromatic rings. The van der Waals surface area contributed by atoms with Gasteiger partial charge in [0, 0.05) is 0 Å². The van der Waals surface area contributed by atoms with Crippen molar-refractivity contribution in [1.82, 2.24) is 0 Å². The van der Waals surface area contributed by atoms with E-state index >= 15 is 0 Å². The summed E-state index contributed by atoms with van der Waals surface area (Å²) in [6.07, 6.45) is 0. The van der Waals surface area contributed by atoms with Crippen LogP contribution in [0.2, 0.25) is 0 Å². The molecule has 0 aliphatic rings. The van der Waals surface area contributed by atoms with Gasteiger partial charge in [0.25, 0.3) is 0 Å². The molecule has 0 fully saturated rings. The van der Waals surface area contributed by atoms with E-state index in [0.717, 1.165) is 0 Å². The van der Waals surface area contributed by atoms with Crippen LogP contribution in [0.5, 0.6) is 0 Å². The Hall–Kier alpha value is -0.530. The zero-order chi connectivity index (χ0) is 4.99. The van der Waals surface area contributed by atoms with Gasteiger partial charge >= 0.3 is 5.97 Å². The van der Waals surface area contributed by atoms with Crippen molar-refractivity contribution < 1.29 is 9.53 Å². The zero-order valence-corrected chi connectivity index (χ0v) is 3.44. The molecule has 0 aliphatic heterocycles. The summed E-state index contributed by atoms with van der Waals surface area (Å²) in [6, 6.07) is 0. The van der Waals surface area contributed by atoms with Crippen LogP contribution in [0.1, 0.15) is 0 Å². The number of hydrogen-bond acceptors (Lipinski definition) is 2. The predicted octanol–water partition coefficient (Wildman–Crippen LogP) is 0.198. The third kappa shape index (κ3) is 3.47. The van der Waals surface area contributed by atoms with E-state index in [-0.39, 0.29) is 6.61 Å².